The molecule has 2 aromatic rings. The molecule has 0 amide bonds. The molecule has 134 valence electrons. The molecule has 0 bridgehead atoms. The van der Waals surface area contributed by atoms with Crippen LogP contribution in [-0.4, -0.2) is 62.1 Å². The van der Waals surface area contributed by atoms with Gasteiger partial charge in [0.2, 0.25) is 6.29 Å². The molecule has 1 aromatic carbocycles. The normalized spacial score (nSPS) is 29.6. The summed E-state index contributed by atoms with van der Waals surface area (Å²) in [6.45, 7) is 0. The van der Waals surface area contributed by atoms with E-state index in [9.17, 15) is 20.1 Å². The Kier molecular flexibility index (Phi) is 5.32. The van der Waals surface area contributed by atoms with Crippen molar-refractivity contribution in [2.45, 2.75) is 30.7 Å². The van der Waals surface area contributed by atoms with Crippen LogP contribution in [0.15, 0.2) is 24.4 Å². The number of aliphatic hydroxyl groups is 3. The molecule has 1 fully saturated rings. The van der Waals surface area contributed by atoms with Gasteiger partial charge in [-0.15, -0.1) is 0 Å². The van der Waals surface area contributed by atoms with Gasteiger partial charge in [0.15, 0.2) is 11.9 Å². The highest BCUT2D eigenvalue weighted by atomic mass is 124. The number of aliphatic carboxylic acids is 1. The van der Waals surface area contributed by atoms with E-state index in [0.717, 1.165) is 0 Å². The fourth-order valence-corrected chi connectivity index (χ4v) is 3.66. The summed E-state index contributed by atoms with van der Waals surface area (Å²) >= 11 is 8.13. The van der Waals surface area contributed by atoms with E-state index in [1.165, 1.54) is 6.20 Å². The molecule has 5 atom stereocenters. The molecule has 0 radical (unpaired) electrons. The third-order valence-electron chi connectivity index (χ3n) is 3.80. The lowest BCUT2D eigenvalue weighted by Crippen LogP contribution is -2.61. The molecule has 1 saturated heterocycles. The first kappa shape index (κ1) is 18.5. The summed E-state index contributed by atoms with van der Waals surface area (Å²) < 4.78 is 11.3. The predicted octanol–water partition coefficient (Wildman–Crippen LogP) is 0.764. The van der Waals surface area contributed by atoms with Crippen molar-refractivity contribution in [1.29, 1.82) is 0 Å². The largest absolute Gasteiger partial charge is 0.479 e. The number of benzene rings is 1. The third-order valence-corrected chi connectivity index (χ3v) is 4.91. The smallest absolute Gasteiger partial charge is 0.335 e. The molecule has 3 rings (SSSR count). The van der Waals surface area contributed by atoms with Gasteiger partial charge >= 0.3 is 5.97 Å². The van der Waals surface area contributed by atoms with Crippen molar-refractivity contribution < 1.29 is 34.7 Å². The maximum atomic E-state index is 11.2. The number of ether oxygens (including phenoxy) is 2. The minimum atomic E-state index is -1.79. The number of aromatic nitrogens is 1. The lowest BCUT2D eigenvalue weighted by Gasteiger charge is -2.38. The van der Waals surface area contributed by atoms with Gasteiger partial charge in [0.1, 0.15) is 23.8 Å². The van der Waals surface area contributed by atoms with Crippen LogP contribution < -0.4 is 4.74 Å². The van der Waals surface area contributed by atoms with Gasteiger partial charge in [0.25, 0.3) is 0 Å². The Hall–Kier alpha value is -1.24. The summed E-state index contributed by atoms with van der Waals surface area (Å²) in [6.07, 6.45) is -6.92. The Labute approximate surface area is 160 Å². The van der Waals surface area contributed by atoms with Crippen molar-refractivity contribution in [1.82, 2.24) is 4.98 Å². The number of carbonyl (C=O) groups is 1. The molecule has 0 unspecified atom stereocenters. The summed E-state index contributed by atoms with van der Waals surface area (Å²) in [7, 11) is 0. The minimum Gasteiger partial charge on any atom is -0.479 e. The maximum Gasteiger partial charge on any atom is 0.335 e. The van der Waals surface area contributed by atoms with Gasteiger partial charge in [-0.25, -0.2) is 4.79 Å². The second-order valence-corrected chi connectivity index (χ2v) is 6.99. The number of pyridine rings is 1. The van der Waals surface area contributed by atoms with Crippen molar-refractivity contribution in [3.8, 4) is 5.75 Å². The molecule has 25 heavy (non-hydrogen) atoms. The fraction of sp³-hybridized carbons (Fsp3) is 0.333. The Morgan fingerprint density at radius 2 is 2.00 bits per heavy atom. The number of halogens is 2. The third kappa shape index (κ3) is 3.39. The molecule has 0 spiro atoms. The summed E-state index contributed by atoms with van der Waals surface area (Å²) in [5.74, 6) is -1.27. The van der Waals surface area contributed by atoms with E-state index in [4.69, 9.17) is 26.2 Å². The molecule has 1 aromatic heterocycles. The number of fused-ring (bicyclic) bond motifs is 1. The summed E-state index contributed by atoms with van der Waals surface area (Å²) in [5, 5.41) is 39.8. The lowest BCUT2D eigenvalue weighted by molar-refractivity contribution is -0.271. The second kappa shape index (κ2) is 7.17. The molecule has 0 saturated carbocycles. The van der Waals surface area contributed by atoms with Gasteiger partial charge in [-0.05, 0) is 40.8 Å². The number of rotatable bonds is 3. The predicted molar refractivity (Wildman–Crippen MR) is 94.4 cm³/mol. The zero-order valence-corrected chi connectivity index (χ0v) is 15.3. The molecule has 8 nitrogen and oxygen atoms in total. The van der Waals surface area contributed by atoms with Crippen molar-refractivity contribution in [3.05, 3.63) is 33.0 Å². The van der Waals surface area contributed by atoms with Gasteiger partial charge < -0.3 is 29.9 Å². The van der Waals surface area contributed by atoms with Gasteiger partial charge in [0, 0.05) is 11.6 Å². The fourth-order valence-electron chi connectivity index (χ4n) is 2.52. The molecule has 2 heterocycles. The highest BCUT2D eigenvalue weighted by molar-refractivity contribution is 14.1. The average molecular weight is 479 g/mol. The van der Waals surface area contributed by atoms with Crippen molar-refractivity contribution in [2.24, 2.45) is 0 Å². The van der Waals surface area contributed by atoms with Crippen LogP contribution in [0.4, 0.5) is 0 Å². The van der Waals surface area contributed by atoms with Crippen LogP contribution in [-0.2, 0) is 9.53 Å². The second-order valence-electron chi connectivity index (χ2n) is 5.42. The highest BCUT2D eigenvalue weighted by Gasteiger charge is 2.48. The number of nitrogens with zero attached hydrogens (tertiary/aromatic N) is 1. The zero-order chi connectivity index (χ0) is 18.3. The number of hydrogen-bond acceptors (Lipinski definition) is 7. The SMILES string of the molecule is O=C(O)[C@H]1O[C@@H](Oc2c([124I])cc(Cl)c3cccnc23)[C@H](O)[C@@H](O)[C@@H]1O. The first-order chi connectivity index (χ1) is 11.8. The first-order valence-electron chi connectivity index (χ1n) is 7.13. The lowest BCUT2D eigenvalue weighted by atomic mass is 9.99. The Bertz CT molecular complexity index is 820. The van der Waals surface area contributed by atoms with Crippen LogP contribution in [0, 0.1) is 3.57 Å². The average Bonchev–Trinajstić information content (AvgIpc) is 2.58. The summed E-state index contributed by atoms with van der Waals surface area (Å²) in [5.41, 5.74) is 0.391. The van der Waals surface area contributed by atoms with Gasteiger partial charge in [0.05, 0.1) is 8.59 Å². The first-order valence-corrected chi connectivity index (χ1v) is 8.58. The van der Waals surface area contributed by atoms with Crippen molar-refractivity contribution >= 4 is 51.1 Å². The summed E-state index contributed by atoms with van der Waals surface area (Å²) in [4.78, 5) is 15.4. The maximum absolute atomic E-state index is 11.2. The van der Waals surface area contributed by atoms with Gasteiger partial charge in [-0.1, -0.05) is 11.6 Å². The molecule has 10 heteroatoms. The van der Waals surface area contributed by atoms with Crippen LogP contribution in [0.5, 0.6) is 5.75 Å². The standard InChI is InChI=1S/C15H13ClINO7/c16-6-4-7(17)12(8-5(6)2-1-3-18-8)24-15-11(21)9(19)10(20)13(25-15)14(22)23/h1-4,9-11,13,15,19-21H,(H,22,23)/t9-,10-,11+,13-,15+/m0/s1/i17-3. The Balaban J connectivity index is 1.99. The van der Waals surface area contributed by atoms with Gasteiger partial charge in [-0.2, -0.15) is 0 Å². The van der Waals surface area contributed by atoms with E-state index in [1.807, 2.05) is 22.6 Å². The Morgan fingerprint density at radius 3 is 2.68 bits per heavy atom. The van der Waals surface area contributed by atoms with Crippen LogP contribution >= 0.6 is 34.2 Å². The van der Waals surface area contributed by atoms with Crippen LogP contribution in [0.3, 0.4) is 0 Å². The topological polar surface area (TPSA) is 129 Å². The molecular weight excluding hydrogens is 466 g/mol. The van der Waals surface area contributed by atoms with E-state index >= 15 is 0 Å². The molecule has 4 N–H and O–H groups in total. The number of aliphatic hydroxyl groups excluding tert-OH is 3. The van der Waals surface area contributed by atoms with Crippen LogP contribution in [0.1, 0.15) is 0 Å². The monoisotopic (exact) mass is 478 g/mol. The van der Waals surface area contributed by atoms with E-state index in [0.29, 0.717) is 19.5 Å². The zero-order valence-electron chi connectivity index (χ0n) is 12.4. The Morgan fingerprint density at radius 1 is 1.28 bits per heavy atom. The number of carboxylic acids is 1. The van der Waals surface area contributed by atoms with E-state index < -0.39 is 36.7 Å². The van der Waals surface area contributed by atoms with E-state index in [2.05, 4.69) is 4.98 Å². The highest BCUT2D eigenvalue weighted by Crippen LogP contribution is 2.36. The van der Waals surface area contributed by atoms with E-state index in [1.54, 1.807) is 18.2 Å². The summed E-state index contributed by atoms with van der Waals surface area (Å²) in [6, 6.07) is 5.04. The van der Waals surface area contributed by atoms with Crippen LogP contribution in [0.25, 0.3) is 10.9 Å². The quantitative estimate of drug-likeness (QED) is 0.476. The molecule has 1 aliphatic rings. The van der Waals surface area contributed by atoms with Crippen molar-refractivity contribution in [3.63, 3.8) is 0 Å². The molecular formula is C15H13ClINO7. The van der Waals surface area contributed by atoms with Gasteiger partial charge in [-0.3, -0.25) is 4.98 Å². The van der Waals surface area contributed by atoms with Crippen molar-refractivity contribution in [2.75, 3.05) is 0 Å². The molecule has 0 aliphatic carbocycles. The number of carboxylic acid groups (broad SMARTS) is 1. The van der Waals surface area contributed by atoms with E-state index in [-0.39, 0.29) is 5.75 Å². The number of hydrogen-bond donors (Lipinski definition) is 4. The molecule has 1 aliphatic heterocycles. The van der Waals surface area contributed by atoms with Crippen LogP contribution in [0.2, 0.25) is 5.02 Å². The minimum absolute atomic E-state index is 0.220.